The number of hydrazone groups is 1. The highest BCUT2D eigenvalue weighted by atomic mass is 35.5. The van der Waals surface area contributed by atoms with Gasteiger partial charge in [0.25, 0.3) is 5.56 Å². The van der Waals surface area contributed by atoms with Crippen LogP contribution in [0.5, 0.6) is 11.5 Å². The highest BCUT2D eigenvalue weighted by Gasteiger charge is 2.22. The first-order chi connectivity index (χ1) is 15.5. The summed E-state index contributed by atoms with van der Waals surface area (Å²) < 4.78 is 12.1. The highest BCUT2D eigenvalue weighted by Crippen LogP contribution is 2.38. The summed E-state index contributed by atoms with van der Waals surface area (Å²) in [5, 5.41) is 19.5. The van der Waals surface area contributed by atoms with E-state index in [1.165, 1.54) is 23.2 Å². The van der Waals surface area contributed by atoms with E-state index in [9.17, 15) is 14.9 Å². The van der Waals surface area contributed by atoms with E-state index in [1.54, 1.807) is 44.2 Å². The quantitative estimate of drug-likeness (QED) is 0.292. The van der Waals surface area contributed by atoms with Gasteiger partial charge in [0.15, 0.2) is 5.75 Å². The lowest BCUT2D eigenvalue weighted by atomic mass is 10.2. The number of halogens is 1. The van der Waals surface area contributed by atoms with Gasteiger partial charge in [-0.1, -0.05) is 29.8 Å². The van der Waals surface area contributed by atoms with Crippen LogP contribution < -0.4 is 20.5 Å². The smallest absolute Gasteiger partial charge is 0.315 e. The Morgan fingerprint density at radius 1 is 1.22 bits per heavy atom. The number of nitro groups is 1. The summed E-state index contributed by atoms with van der Waals surface area (Å²) in [7, 11) is 0. The molecule has 0 aliphatic rings. The van der Waals surface area contributed by atoms with Gasteiger partial charge in [0.05, 0.1) is 36.2 Å². The number of ether oxygens (including phenoxy) is 2. The van der Waals surface area contributed by atoms with Gasteiger partial charge < -0.3 is 9.47 Å². The molecular weight excluding hydrogens is 438 g/mol. The molecule has 1 aromatic heterocycles. The summed E-state index contributed by atoms with van der Waals surface area (Å²) in [6.07, 6.45) is 2.70. The van der Waals surface area contributed by atoms with Gasteiger partial charge in [-0.05, 0) is 32.0 Å². The molecule has 2 aromatic carbocycles. The first kappa shape index (κ1) is 22.8. The van der Waals surface area contributed by atoms with Crippen molar-refractivity contribution in [1.82, 2.24) is 9.78 Å². The average molecular weight is 458 g/mol. The van der Waals surface area contributed by atoms with Crippen molar-refractivity contribution in [2.75, 3.05) is 18.6 Å². The molecule has 3 aromatic rings. The molecule has 1 N–H and O–H groups in total. The van der Waals surface area contributed by atoms with E-state index in [4.69, 9.17) is 21.1 Å². The van der Waals surface area contributed by atoms with Crippen LogP contribution in [0.25, 0.3) is 5.69 Å². The SMILES string of the molecule is CCOc1cc(/C=N\Nc2cnn(-c3ccccc3)c(=O)c2Cl)cc([N+](=O)[O-])c1OCC. The monoisotopic (exact) mass is 457 g/mol. The van der Waals surface area contributed by atoms with E-state index in [2.05, 4.69) is 15.6 Å². The third-order valence-corrected chi connectivity index (χ3v) is 4.53. The summed E-state index contributed by atoms with van der Waals surface area (Å²) in [4.78, 5) is 23.5. The third-order valence-electron chi connectivity index (χ3n) is 4.16. The van der Waals surface area contributed by atoms with E-state index in [0.717, 1.165) is 0 Å². The lowest BCUT2D eigenvalue weighted by molar-refractivity contribution is -0.385. The largest absolute Gasteiger partial charge is 0.490 e. The first-order valence-electron chi connectivity index (χ1n) is 9.66. The molecule has 11 heteroatoms. The zero-order valence-corrected chi connectivity index (χ0v) is 18.1. The van der Waals surface area contributed by atoms with Crippen LogP contribution >= 0.6 is 11.6 Å². The minimum absolute atomic E-state index is 0.0567. The summed E-state index contributed by atoms with van der Waals surface area (Å²) in [6, 6.07) is 11.7. The van der Waals surface area contributed by atoms with Crippen molar-refractivity contribution in [1.29, 1.82) is 0 Å². The molecular formula is C21H20ClN5O5. The molecule has 1 heterocycles. The van der Waals surface area contributed by atoms with Crippen LogP contribution in [0.3, 0.4) is 0 Å². The fourth-order valence-corrected chi connectivity index (χ4v) is 2.98. The van der Waals surface area contributed by atoms with Gasteiger partial charge in [-0.15, -0.1) is 0 Å². The number of nitrogens with one attached hydrogen (secondary N) is 1. The van der Waals surface area contributed by atoms with Gasteiger partial charge in [-0.3, -0.25) is 20.3 Å². The van der Waals surface area contributed by atoms with E-state index in [-0.39, 0.29) is 34.5 Å². The second-order valence-electron chi connectivity index (χ2n) is 6.29. The van der Waals surface area contributed by atoms with Crippen molar-refractivity contribution >= 4 is 29.2 Å². The molecule has 166 valence electrons. The van der Waals surface area contributed by atoms with Crippen molar-refractivity contribution in [3.05, 3.63) is 79.7 Å². The number of para-hydroxylation sites is 1. The molecule has 0 saturated carbocycles. The number of nitrogens with zero attached hydrogens (tertiary/aromatic N) is 4. The number of rotatable bonds is 9. The number of anilines is 1. The van der Waals surface area contributed by atoms with Gasteiger partial charge in [0.1, 0.15) is 10.7 Å². The Kier molecular flexibility index (Phi) is 7.40. The van der Waals surface area contributed by atoms with Crippen molar-refractivity contribution in [3.63, 3.8) is 0 Å². The molecule has 0 atom stereocenters. The Morgan fingerprint density at radius 3 is 2.59 bits per heavy atom. The molecule has 0 radical (unpaired) electrons. The Labute approximate surface area is 188 Å². The van der Waals surface area contributed by atoms with Crippen molar-refractivity contribution in [2.24, 2.45) is 5.10 Å². The van der Waals surface area contributed by atoms with Crippen molar-refractivity contribution in [2.45, 2.75) is 13.8 Å². The minimum Gasteiger partial charge on any atom is -0.490 e. The van der Waals surface area contributed by atoms with Crippen LogP contribution in [-0.2, 0) is 0 Å². The summed E-state index contributed by atoms with van der Waals surface area (Å²) in [5.74, 6) is 0.288. The maximum Gasteiger partial charge on any atom is 0.315 e. The van der Waals surface area contributed by atoms with Crippen LogP contribution in [-0.4, -0.2) is 34.1 Å². The van der Waals surface area contributed by atoms with Gasteiger partial charge in [-0.25, -0.2) is 0 Å². The Bertz CT molecular complexity index is 1200. The predicted molar refractivity (Wildman–Crippen MR) is 121 cm³/mol. The molecule has 32 heavy (non-hydrogen) atoms. The minimum atomic E-state index is -0.553. The molecule has 0 bridgehead atoms. The van der Waals surface area contributed by atoms with Crippen LogP contribution in [0, 0.1) is 10.1 Å². The molecule has 0 fully saturated rings. The molecule has 0 aliphatic carbocycles. The second-order valence-corrected chi connectivity index (χ2v) is 6.66. The van der Waals surface area contributed by atoms with Gasteiger partial charge >= 0.3 is 5.69 Å². The van der Waals surface area contributed by atoms with E-state index in [0.29, 0.717) is 17.9 Å². The van der Waals surface area contributed by atoms with Crippen molar-refractivity contribution in [3.8, 4) is 17.2 Å². The van der Waals surface area contributed by atoms with Gasteiger partial charge in [0, 0.05) is 11.6 Å². The van der Waals surface area contributed by atoms with E-state index >= 15 is 0 Å². The number of hydrogen-bond acceptors (Lipinski definition) is 8. The second kappa shape index (κ2) is 10.4. The highest BCUT2D eigenvalue weighted by molar-refractivity contribution is 6.32. The van der Waals surface area contributed by atoms with E-state index in [1.807, 2.05) is 6.07 Å². The fraction of sp³-hybridized carbons (Fsp3) is 0.190. The number of nitro benzene ring substituents is 1. The Balaban J connectivity index is 1.88. The Hall–Kier alpha value is -3.92. The Morgan fingerprint density at radius 2 is 1.94 bits per heavy atom. The molecule has 0 aliphatic heterocycles. The predicted octanol–water partition coefficient (Wildman–Crippen LogP) is 4.04. The summed E-state index contributed by atoms with van der Waals surface area (Å²) in [5.41, 5.74) is 3.02. The van der Waals surface area contributed by atoms with E-state index < -0.39 is 10.5 Å². The van der Waals surface area contributed by atoms with Crippen molar-refractivity contribution < 1.29 is 14.4 Å². The first-order valence-corrected chi connectivity index (χ1v) is 10.0. The maximum atomic E-state index is 12.5. The van der Waals surface area contributed by atoms with Crippen LogP contribution in [0.2, 0.25) is 5.02 Å². The summed E-state index contributed by atoms with van der Waals surface area (Å²) >= 11 is 6.18. The molecule has 0 amide bonds. The number of hydrogen-bond donors (Lipinski definition) is 1. The molecule has 0 unspecified atom stereocenters. The van der Waals surface area contributed by atoms with Crippen LogP contribution in [0.1, 0.15) is 19.4 Å². The molecule has 0 spiro atoms. The normalized spacial score (nSPS) is 10.8. The zero-order valence-electron chi connectivity index (χ0n) is 17.3. The molecule has 0 saturated heterocycles. The number of benzene rings is 2. The average Bonchev–Trinajstić information content (AvgIpc) is 2.79. The lowest BCUT2D eigenvalue weighted by Gasteiger charge is -2.12. The molecule has 10 nitrogen and oxygen atoms in total. The molecule has 3 rings (SSSR count). The third kappa shape index (κ3) is 5.03. The summed E-state index contributed by atoms with van der Waals surface area (Å²) in [6.45, 7) is 4.03. The standard InChI is InChI=1S/C21H20ClN5O5/c1-3-31-18-11-14(10-17(27(29)30)20(18)32-4-2)12-23-25-16-13-24-26(21(28)19(16)22)15-8-6-5-7-9-15/h5-13,25H,3-4H2,1-2H3/b23-12-. The number of aromatic nitrogens is 2. The van der Waals surface area contributed by atoms with Gasteiger partial charge in [0.2, 0.25) is 5.75 Å². The van der Waals surface area contributed by atoms with Crippen LogP contribution in [0.15, 0.2) is 58.6 Å². The zero-order chi connectivity index (χ0) is 23.1. The maximum absolute atomic E-state index is 12.5. The van der Waals surface area contributed by atoms with Crippen LogP contribution in [0.4, 0.5) is 11.4 Å². The van der Waals surface area contributed by atoms with Gasteiger partial charge in [-0.2, -0.15) is 14.9 Å². The topological polar surface area (TPSA) is 121 Å². The lowest BCUT2D eigenvalue weighted by Crippen LogP contribution is -2.22. The fourth-order valence-electron chi connectivity index (χ4n) is 2.81.